The maximum Gasteiger partial charge on any atom is 0.120 e. The van der Waals surface area contributed by atoms with Crippen LogP contribution in [0.4, 0.5) is 0 Å². The van der Waals surface area contributed by atoms with Crippen LogP contribution in [-0.4, -0.2) is 22.4 Å². The summed E-state index contributed by atoms with van der Waals surface area (Å²) in [6.45, 7) is 5.99. The molecule has 0 radical (unpaired) electrons. The van der Waals surface area contributed by atoms with Gasteiger partial charge < -0.3 is 20.7 Å². The first-order valence-corrected chi connectivity index (χ1v) is 6.22. The number of aliphatic hydroxyl groups excluding tert-OH is 1. The highest BCUT2D eigenvalue weighted by molar-refractivity contribution is 5.85. The summed E-state index contributed by atoms with van der Waals surface area (Å²) < 4.78 is 5.74. The van der Waals surface area contributed by atoms with Gasteiger partial charge in [0.2, 0.25) is 0 Å². The summed E-state index contributed by atoms with van der Waals surface area (Å²) >= 11 is 0. The summed E-state index contributed by atoms with van der Waals surface area (Å²) in [6.07, 6.45) is 1.24. The summed E-state index contributed by atoms with van der Waals surface area (Å²) in [5.41, 5.74) is 6.36. The van der Waals surface area contributed by atoms with Gasteiger partial charge in [-0.05, 0) is 51.8 Å². The van der Waals surface area contributed by atoms with Gasteiger partial charge in [-0.1, -0.05) is 0 Å². The van der Waals surface area contributed by atoms with Crippen LogP contribution in [0.15, 0.2) is 18.2 Å². The van der Waals surface area contributed by atoms with Crippen LogP contribution < -0.4 is 10.5 Å². The van der Waals surface area contributed by atoms with E-state index in [2.05, 4.69) is 0 Å². The molecule has 0 heterocycles. The number of benzene rings is 1. The van der Waals surface area contributed by atoms with Gasteiger partial charge in [0, 0.05) is 18.2 Å². The molecule has 0 aliphatic carbocycles. The summed E-state index contributed by atoms with van der Waals surface area (Å²) in [5, 5.41) is 18.6. The lowest BCUT2D eigenvalue weighted by molar-refractivity contribution is 0.130. The lowest BCUT2D eigenvalue weighted by Crippen LogP contribution is -2.23. The number of phenols is 1. The third-order valence-corrected chi connectivity index (χ3v) is 2.50. The molecule has 1 rings (SSSR count). The van der Waals surface area contributed by atoms with Crippen molar-refractivity contribution in [2.75, 3.05) is 6.61 Å². The van der Waals surface area contributed by atoms with Crippen molar-refractivity contribution in [2.45, 2.75) is 45.3 Å². The molecule has 0 bridgehead atoms. The molecule has 1 aromatic carbocycles. The fraction of sp³-hybridized carbons (Fsp3) is 0.571. The largest absolute Gasteiger partial charge is 0.508 e. The van der Waals surface area contributed by atoms with Crippen LogP contribution in [0.25, 0.3) is 0 Å². The number of rotatable bonds is 5. The Kier molecular flexibility index (Phi) is 7.19. The van der Waals surface area contributed by atoms with E-state index in [-0.39, 0.29) is 36.4 Å². The van der Waals surface area contributed by atoms with Crippen molar-refractivity contribution >= 4 is 12.4 Å². The van der Waals surface area contributed by atoms with Crippen LogP contribution in [-0.2, 0) is 0 Å². The van der Waals surface area contributed by atoms with Crippen molar-refractivity contribution in [3.05, 3.63) is 23.8 Å². The molecule has 1 atom stereocenters. The van der Waals surface area contributed by atoms with Crippen molar-refractivity contribution < 1.29 is 14.9 Å². The second kappa shape index (κ2) is 7.58. The fourth-order valence-corrected chi connectivity index (χ4v) is 1.71. The van der Waals surface area contributed by atoms with E-state index >= 15 is 0 Å². The average Bonchev–Trinajstić information content (AvgIpc) is 2.26. The molecular formula is C14H24ClNO3. The molecule has 0 aliphatic rings. The van der Waals surface area contributed by atoms with E-state index in [1.165, 1.54) is 0 Å². The third-order valence-electron chi connectivity index (χ3n) is 2.50. The molecule has 4 nitrogen and oxygen atoms in total. The Labute approximate surface area is 121 Å². The first-order chi connectivity index (χ1) is 8.33. The maximum atomic E-state index is 9.80. The second-order valence-corrected chi connectivity index (χ2v) is 5.41. The SMILES string of the molecule is CC(C)(C)Oc1ccc(O)c([C@H](N)CCCO)c1.Cl. The second-order valence-electron chi connectivity index (χ2n) is 5.41. The monoisotopic (exact) mass is 289 g/mol. The highest BCUT2D eigenvalue weighted by atomic mass is 35.5. The molecule has 1 aromatic rings. The highest BCUT2D eigenvalue weighted by Gasteiger charge is 2.15. The van der Waals surface area contributed by atoms with E-state index in [1.807, 2.05) is 20.8 Å². The van der Waals surface area contributed by atoms with Crippen LogP contribution in [0.2, 0.25) is 0 Å². The summed E-state index contributed by atoms with van der Waals surface area (Å²) in [6, 6.07) is 4.79. The van der Waals surface area contributed by atoms with E-state index in [9.17, 15) is 5.11 Å². The van der Waals surface area contributed by atoms with E-state index in [4.69, 9.17) is 15.6 Å². The number of nitrogens with two attached hydrogens (primary N) is 1. The molecule has 0 saturated carbocycles. The molecule has 0 unspecified atom stereocenters. The predicted molar refractivity (Wildman–Crippen MR) is 79.0 cm³/mol. The van der Waals surface area contributed by atoms with Gasteiger partial charge in [0.25, 0.3) is 0 Å². The Morgan fingerprint density at radius 3 is 2.47 bits per heavy atom. The minimum Gasteiger partial charge on any atom is -0.508 e. The van der Waals surface area contributed by atoms with Gasteiger partial charge in [0.05, 0.1) is 0 Å². The normalized spacial score (nSPS) is 12.7. The van der Waals surface area contributed by atoms with Gasteiger partial charge in [-0.25, -0.2) is 0 Å². The molecule has 0 amide bonds. The average molecular weight is 290 g/mol. The van der Waals surface area contributed by atoms with Crippen LogP contribution >= 0.6 is 12.4 Å². The van der Waals surface area contributed by atoms with Crippen LogP contribution in [0.5, 0.6) is 11.5 Å². The van der Waals surface area contributed by atoms with E-state index in [1.54, 1.807) is 18.2 Å². The van der Waals surface area contributed by atoms with Gasteiger partial charge in [-0.2, -0.15) is 0 Å². The van der Waals surface area contributed by atoms with Gasteiger partial charge in [0.15, 0.2) is 0 Å². The number of halogens is 1. The molecule has 0 aromatic heterocycles. The standard InChI is InChI=1S/C14H23NO3.ClH/c1-14(2,3)18-10-6-7-13(17)11(9-10)12(15)5-4-8-16;/h6-7,9,12,16-17H,4-5,8,15H2,1-3H3;1H/t12-;/m1./s1. The molecule has 0 spiro atoms. The zero-order valence-electron chi connectivity index (χ0n) is 11.7. The van der Waals surface area contributed by atoms with E-state index in [0.717, 1.165) is 0 Å². The van der Waals surface area contributed by atoms with Crippen LogP contribution in [0.3, 0.4) is 0 Å². The number of aliphatic hydroxyl groups is 1. The van der Waals surface area contributed by atoms with Gasteiger partial charge in [0.1, 0.15) is 17.1 Å². The lowest BCUT2D eigenvalue weighted by Gasteiger charge is -2.22. The first kappa shape index (κ1) is 18.0. The molecule has 0 fully saturated rings. The van der Waals surface area contributed by atoms with Crippen molar-refractivity contribution in [2.24, 2.45) is 5.73 Å². The summed E-state index contributed by atoms with van der Waals surface area (Å²) in [4.78, 5) is 0. The summed E-state index contributed by atoms with van der Waals surface area (Å²) in [7, 11) is 0. The molecule has 19 heavy (non-hydrogen) atoms. The minimum atomic E-state index is -0.291. The predicted octanol–water partition coefficient (Wildman–Crippen LogP) is 2.76. The number of aromatic hydroxyl groups is 1. The zero-order chi connectivity index (χ0) is 13.8. The molecule has 5 heteroatoms. The number of hydrogen-bond acceptors (Lipinski definition) is 4. The Hall–Kier alpha value is -0.970. The Balaban J connectivity index is 0.00000324. The van der Waals surface area contributed by atoms with Crippen molar-refractivity contribution in [1.82, 2.24) is 0 Å². The molecular weight excluding hydrogens is 266 g/mol. The third kappa shape index (κ3) is 6.14. The number of phenolic OH excluding ortho intramolecular Hbond substituents is 1. The number of hydrogen-bond donors (Lipinski definition) is 3. The lowest BCUT2D eigenvalue weighted by atomic mass is 10.0. The van der Waals surface area contributed by atoms with Crippen molar-refractivity contribution in [1.29, 1.82) is 0 Å². The Bertz CT molecular complexity index is 391. The topological polar surface area (TPSA) is 75.7 Å². The maximum absolute atomic E-state index is 9.80. The Morgan fingerprint density at radius 1 is 1.32 bits per heavy atom. The summed E-state index contributed by atoms with van der Waals surface area (Å²) in [5.74, 6) is 0.858. The highest BCUT2D eigenvalue weighted by Crippen LogP contribution is 2.30. The number of ether oxygens (including phenoxy) is 1. The molecule has 110 valence electrons. The quantitative estimate of drug-likeness (QED) is 0.779. The molecule has 0 aliphatic heterocycles. The van der Waals surface area contributed by atoms with Crippen molar-refractivity contribution in [3.8, 4) is 11.5 Å². The Morgan fingerprint density at radius 2 is 1.95 bits per heavy atom. The van der Waals surface area contributed by atoms with Gasteiger partial charge >= 0.3 is 0 Å². The molecule has 4 N–H and O–H groups in total. The van der Waals surface area contributed by atoms with Crippen molar-refractivity contribution in [3.63, 3.8) is 0 Å². The van der Waals surface area contributed by atoms with E-state index < -0.39 is 0 Å². The smallest absolute Gasteiger partial charge is 0.120 e. The fourth-order valence-electron chi connectivity index (χ4n) is 1.71. The first-order valence-electron chi connectivity index (χ1n) is 6.22. The zero-order valence-corrected chi connectivity index (χ0v) is 12.5. The molecule has 0 saturated heterocycles. The van der Waals surface area contributed by atoms with Gasteiger partial charge in [-0.15, -0.1) is 12.4 Å². The van der Waals surface area contributed by atoms with Crippen LogP contribution in [0.1, 0.15) is 45.2 Å². The van der Waals surface area contributed by atoms with E-state index in [0.29, 0.717) is 24.2 Å². The van der Waals surface area contributed by atoms with Gasteiger partial charge in [-0.3, -0.25) is 0 Å². The van der Waals surface area contributed by atoms with Crippen LogP contribution in [0, 0.1) is 0 Å². The minimum absolute atomic E-state index is 0.